The second-order valence-electron chi connectivity index (χ2n) is 13.6. The van der Waals surface area contributed by atoms with Gasteiger partial charge in [0.2, 0.25) is 5.78 Å². The summed E-state index contributed by atoms with van der Waals surface area (Å²) in [5.41, 5.74) is -1.17. The van der Waals surface area contributed by atoms with Gasteiger partial charge < -0.3 is 19.1 Å². The predicted molar refractivity (Wildman–Crippen MR) is 160 cm³/mol. The Morgan fingerprint density at radius 1 is 1.14 bits per heavy atom. The number of rotatable bonds is 5. The predicted octanol–water partition coefficient (Wildman–Crippen LogP) is 5.31. The van der Waals surface area contributed by atoms with Gasteiger partial charge in [-0.05, 0) is 59.6 Å². The van der Waals surface area contributed by atoms with Gasteiger partial charge in [-0.1, -0.05) is 12.8 Å². The fraction of sp³-hybridized carbons (Fsp3) is 0.742. The number of halogens is 1. The SMILES string of the molecule is CSc1nc(C(=O)C2CCC[C@@]3(CCCCC34OCCO4)C2=O)nc2c1cnn2[C@@H](C)[C@@H]1C[C@@H](F)CN1C(=O)OC(C)(C)C. The van der Waals surface area contributed by atoms with Gasteiger partial charge in [-0.25, -0.2) is 23.8 Å². The van der Waals surface area contributed by atoms with Gasteiger partial charge in [0.1, 0.15) is 16.8 Å². The van der Waals surface area contributed by atoms with E-state index in [4.69, 9.17) is 19.2 Å². The zero-order chi connectivity index (χ0) is 31.4. The van der Waals surface area contributed by atoms with Crippen LogP contribution < -0.4 is 0 Å². The Morgan fingerprint density at radius 2 is 1.84 bits per heavy atom. The van der Waals surface area contributed by atoms with E-state index in [0.717, 1.165) is 12.8 Å². The molecule has 11 nitrogen and oxygen atoms in total. The molecular formula is C31H42FN5O6S. The lowest BCUT2D eigenvalue weighted by Crippen LogP contribution is -2.60. The Balaban J connectivity index is 1.33. The van der Waals surface area contributed by atoms with Gasteiger partial charge in [0, 0.05) is 12.8 Å². The molecule has 1 unspecified atom stereocenters. The molecule has 4 aliphatic rings. The smallest absolute Gasteiger partial charge is 0.410 e. The van der Waals surface area contributed by atoms with Gasteiger partial charge in [-0.3, -0.25) is 9.59 Å². The first-order chi connectivity index (χ1) is 20.9. The van der Waals surface area contributed by atoms with Crippen molar-refractivity contribution in [1.29, 1.82) is 0 Å². The van der Waals surface area contributed by atoms with E-state index in [1.807, 2.05) is 13.2 Å². The summed E-state index contributed by atoms with van der Waals surface area (Å²) >= 11 is 1.36. The summed E-state index contributed by atoms with van der Waals surface area (Å²) in [6.07, 6.45) is 6.69. The summed E-state index contributed by atoms with van der Waals surface area (Å²) in [7, 11) is 0. The minimum absolute atomic E-state index is 0.0388. The van der Waals surface area contributed by atoms with Crippen LogP contribution in [0.4, 0.5) is 9.18 Å². The number of amides is 1. The van der Waals surface area contributed by atoms with Crippen molar-refractivity contribution in [3.05, 3.63) is 12.0 Å². The largest absolute Gasteiger partial charge is 0.444 e. The van der Waals surface area contributed by atoms with E-state index in [1.165, 1.54) is 16.7 Å². The molecule has 2 aliphatic carbocycles. The highest BCUT2D eigenvalue weighted by molar-refractivity contribution is 7.98. The molecule has 2 spiro atoms. The number of fused-ring (bicyclic) bond motifs is 2. The van der Waals surface area contributed by atoms with Crippen LogP contribution in [-0.4, -0.2) is 91.9 Å². The molecule has 5 atom stereocenters. The van der Waals surface area contributed by atoms with Crippen molar-refractivity contribution < 1.29 is 33.0 Å². The molecule has 2 saturated carbocycles. The van der Waals surface area contributed by atoms with Gasteiger partial charge in [-0.15, -0.1) is 11.8 Å². The summed E-state index contributed by atoms with van der Waals surface area (Å²) in [6, 6.07) is -1.02. The minimum Gasteiger partial charge on any atom is -0.444 e. The number of hydrogen-bond acceptors (Lipinski definition) is 10. The summed E-state index contributed by atoms with van der Waals surface area (Å²) in [5, 5.41) is 5.78. The van der Waals surface area contributed by atoms with Crippen molar-refractivity contribution >= 4 is 40.5 Å². The van der Waals surface area contributed by atoms with Crippen molar-refractivity contribution in [3.63, 3.8) is 0 Å². The van der Waals surface area contributed by atoms with Crippen molar-refractivity contribution in [1.82, 2.24) is 24.6 Å². The Bertz CT molecular complexity index is 1450. The number of ketones is 2. The standard InChI is InChI=1S/C31H42FN5O6S/c1-18(22-15-19(32)17-36(22)28(40)43-29(2,3)4)37-26-21(16-33-37)27(44-5)35-25(34-26)23(38)20-9-8-11-30(24(20)39)10-6-7-12-31(30)41-13-14-42-31/h16,18-20,22H,6-15,17H2,1-5H3/t18-,19+,20?,22-,30-/m0/s1. The van der Waals surface area contributed by atoms with Crippen molar-refractivity contribution in [2.75, 3.05) is 26.0 Å². The summed E-state index contributed by atoms with van der Waals surface area (Å²) < 4.78 is 34.2. The molecule has 2 aromatic rings. The zero-order valence-electron chi connectivity index (χ0n) is 26.1. The Hall–Kier alpha value is -2.64. The lowest BCUT2D eigenvalue weighted by molar-refractivity contribution is -0.255. The molecule has 2 aliphatic heterocycles. The fourth-order valence-corrected chi connectivity index (χ4v) is 8.29. The Morgan fingerprint density at radius 3 is 2.55 bits per heavy atom. The first-order valence-corrected chi connectivity index (χ1v) is 16.9. The van der Waals surface area contributed by atoms with Crippen LogP contribution in [-0.2, 0) is 19.0 Å². The molecule has 44 heavy (non-hydrogen) atoms. The van der Waals surface area contributed by atoms with E-state index in [2.05, 4.69) is 10.1 Å². The van der Waals surface area contributed by atoms with Crippen LogP contribution in [0.5, 0.6) is 0 Å². The third-order valence-corrected chi connectivity index (χ3v) is 10.4. The van der Waals surface area contributed by atoms with Gasteiger partial charge in [0.05, 0.1) is 54.8 Å². The monoisotopic (exact) mass is 631 g/mol. The number of carbonyl (C=O) groups excluding carboxylic acids is 3. The van der Waals surface area contributed by atoms with Crippen molar-refractivity contribution in [2.24, 2.45) is 11.3 Å². The Labute approximate surface area is 260 Å². The van der Waals surface area contributed by atoms with Crippen LogP contribution in [0.1, 0.15) is 95.7 Å². The molecule has 0 bridgehead atoms. The highest BCUT2D eigenvalue weighted by Gasteiger charge is 2.63. The van der Waals surface area contributed by atoms with Crippen LogP contribution >= 0.6 is 11.8 Å². The zero-order valence-corrected chi connectivity index (χ0v) is 27.0. The van der Waals surface area contributed by atoms with Gasteiger partial charge >= 0.3 is 6.09 Å². The van der Waals surface area contributed by atoms with Crippen molar-refractivity contribution in [2.45, 2.75) is 114 Å². The summed E-state index contributed by atoms with van der Waals surface area (Å²) in [4.78, 5) is 52.2. The first-order valence-electron chi connectivity index (χ1n) is 15.7. The molecule has 2 aromatic heterocycles. The van der Waals surface area contributed by atoms with Crippen LogP contribution in [0.3, 0.4) is 0 Å². The average molecular weight is 632 g/mol. The van der Waals surface area contributed by atoms with Gasteiger partial charge in [0.15, 0.2) is 23.0 Å². The maximum absolute atomic E-state index is 14.7. The topological polar surface area (TPSA) is 126 Å². The number of likely N-dealkylation sites (tertiary alicyclic amines) is 1. The van der Waals surface area contributed by atoms with Crippen LogP contribution in [0.25, 0.3) is 11.0 Å². The molecule has 6 rings (SSSR count). The molecule has 1 amide bonds. The van der Waals surface area contributed by atoms with E-state index in [0.29, 0.717) is 61.4 Å². The van der Waals surface area contributed by atoms with E-state index >= 15 is 0 Å². The number of ether oxygens (including phenoxy) is 3. The minimum atomic E-state index is -1.20. The lowest BCUT2D eigenvalue weighted by Gasteiger charge is -2.51. The van der Waals surface area contributed by atoms with Crippen molar-refractivity contribution in [3.8, 4) is 0 Å². The number of carbonyl (C=O) groups is 3. The molecule has 0 aromatic carbocycles. The van der Waals surface area contributed by atoms with Crippen LogP contribution in [0.2, 0.25) is 0 Å². The third kappa shape index (κ3) is 5.22. The number of hydrogen-bond donors (Lipinski definition) is 0. The molecule has 0 radical (unpaired) electrons. The van der Waals surface area contributed by atoms with E-state index in [1.54, 1.807) is 31.6 Å². The second kappa shape index (κ2) is 11.6. The summed E-state index contributed by atoms with van der Waals surface area (Å²) in [5.74, 6) is -2.43. The molecular weight excluding hydrogens is 589 g/mol. The molecule has 0 N–H and O–H groups in total. The number of alkyl halides is 1. The molecule has 240 valence electrons. The van der Waals surface area contributed by atoms with Gasteiger partial charge in [-0.2, -0.15) is 5.10 Å². The maximum atomic E-state index is 14.7. The first kappa shape index (κ1) is 31.3. The molecule has 4 heterocycles. The highest BCUT2D eigenvalue weighted by Crippen LogP contribution is 2.56. The maximum Gasteiger partial charge on any atom is 0.410 e. The lowest BCUT2D eigenvalue weighted by atomic mass is 9.57. The number of thioether (sulfide) groups is 1. The third-order valence-electron chi connectivity index (χ3n) is 9.74. The average Bonchev–Trinajstić information content (AvgIpc) is 3.73. The number of nitrogens with zero attached hydrogens (tertiary/aromatic N) is 5. The molecule has 4 fully saturated rings. The number of aromatic nitrogens is 4. The quantitative estimate of drug-likeness (QED) is 0.185. The second-order valence-corrected chi connectivity index (χ2v) is 14.4. The molecule has 2 saturated heterocycles. The fourth-order valence-electron chi connectivity index (χ4n) is 7.74. The normalized spacial score (nSPS) is 29.5. The number of Topliss-reactive ketones (excluding diaryl/α,β-unsaturated/α-hetero) is 2. The van der Waals surface area contributed by atoms with E-state index < -0.39 is 52.9 Å². The van der Waals surface area contributed by atoms with Crippen LogP contribution in [0.15, 0.2) is 11.2 Å². The van der Waals surface area contributed by atoms with E-state index in [-0.39, 0.29) is 24.6 Å². The van der Waals surface area contributed by atoms with Crippen LogP contribution in [0, 0.1) is 11.3 Å². The van der Waals surface area contributed by atoms with E-state index in [9.17, 15) is 18.8 Å². The van der Waals surface area contributed by atoms with Gasteiger partial charge in [0.25, 0.3) is 0 Å². The Kier molecular flexibility index (Phi) is 8.28. The summed E-state index contributed by atoms with van der Waals surface area (Å²) in [6.45, 7) is 7.99. The highest BCUT2D eigenvalue weighted by atomic mass is 32.2. The molecule has 13 heteroatoms.